The molecule has 4 nitrogen and oxygen atoms in total. The monoisotopic (exact) mass is 246 g/mol. The lowest BCUT2D eigenvalue weighted by Crippen LogP contribution is -2.43. The number of carbonyl (C=O) groups is 1. The lowest BCUT2D eigenvalue weighted by molar-refractivity contribution is -0.117. The molecule has 96 valence electrons. The molecule has 0 bridgehead atoms. The molecular weight excluding hydrogens is 228 g/mol. The third kappa shape index (κ3) is 2.20. The Morgan fingerprint density at radius 2 is 2.06 bits per heavy atom. The number of benzene rings is 1. The van der Waals surface area contributed by atoms with Crippen LogP contribution in [0.1, 0.15) is 12.8 Å². The molecule has 0 aromatic heterocycles. The molecule has 0 spiro atoms. The maximum Gasteiger partial charge on any atom is 0.246 e. The summed E-state index contributed by atoms with van der Waals surface area (Å²) in [6.45, 7) is 2.88. The van der Waals surface area contributed by atoms with Crippen molar-refractivity contribution in [3.63, 3.8) is 0 Å². The van der Waals surface area contributed by atoms with Gasteiger partial charge in [0.25, 0.3) is 0 Å². The fraction of sp³-hybridized carbons (Fsp3) is 0.500. The van der Waals surface area contributed by atoms with Crippen LogP contribution in [0.3, 0.4) is 0 Å². The summed E-state index contributed by atoms with van der Waals surface area (Å²) in [6.07, 6.45) is 2.11. The first-order valence-corrected chi connectivity index (χ1v) is 6.55. The van der Waals surface area contributed by atoms with E-state index in [1.54, 1.807) is 0 Å². The number of hydrogen-bond acceptors (Lipinski definition) is 3. The van der Waals surface area contributed by atoms with Gasteiger partial charge in [0.05, 0.1) is 17.9 Å². The Bertz CT molecular complexity index is 441. The van der Waals surface area contributed by atoms with Crippen LogP contribution >= 0.6 is 0 Å². The second kappa shape index (κ2) is 4.98. The first-order chi connectivity index (χ1) is 8.84. The lowest BCUT2D eigenvalue weighted by atomic mass is 9.99. The van der Waals surface area contributed by atoms with E-state index in [9.17, 15) is 4.79 Å². The number of fused-ring (bicyclic) bond motifs is 1. The summed E-state index contributed by atoms with van der Waals surface area (Å²) in [5.74, 6) is 0.731. The van der Waals surface area contributed by atoms with Crippen LogP contribution in [0.4, 0.5) is 11.4 Å². The van der Waals surface area contributed by atoms with Crippen LogP contribution < -0.4 is 10.2 Å². The predicted molar refractivity (Wildman–Crippen MR) is 70.8 cm³/mol. The minimum atomic E-state index is 0.167. The van der Waals surface area contributed by atoms with E-state index in [0.29, 0.717) is 12.5 Å². The van der Waals surface area contributed by atoms with Gasteiger partial charge >= 0.3 is 0 Å². The van der Waals surface area contributed by atoms with E-state index in [1.807, 2.05) is 29.2 Å². The molecule has 0 unspecified atom stereocenters. The first-order valence-electron chi connectivity index (χ1n) is 6.55. The van der Waals surface area contributed by atoms with Crippen molar-refractivity contribution in [2.45, 2.75) is 12.8 Å². The summed E-state index contributed by atoms with van der Waals surface area (Å²) in [6, 6.07) is 8.02. The molecule has 3 rings (SSSR count). The summed E-state index contributed by atoms with van der Waals surface area (Å²) in [5.41, 5.74) is 2.07. The zero-order valence-corrected chi connectivity index (χ0v) is 10.4. The summed E-state index contributed by atoms with van der Waals surface area (Å²) >= 11 is 0. The topological polar surface area (TPSA) is 41.6 Å². The molecule has 0 aliphatic carbocycles. The Morgan fingerprint density at radius 1 is 1.28 bits per heavy atom. The van der Waals surface area contributed by atoms with E-state index in [4.69, 9.17) is 4.74 Å². The van der Waals surface area contributed by atoms with Gasteiger partial charge in [0, 0.05) is 19.8 Å². The van der Waals surface area contributed by atoms with Crippen LogP contribution in [0, 0.1) is 5.92 Å². The van der Waals surface area contributed by atoms with Gasteiger partial charge in [-0.3, -0.25) is 4.79 Å². The molecule has 2 aliphatic rings. The summed E-state index contributed by atoms with van der Waals surface area (Å²) < 4.78 is 5.37. The Hall–Kier alpha value is -1.55. The van der Waals surface area contributed by atoms with Gasteiger partial charge in [-0.2, -0.15) is 0 Å². The van der Waals surface area contributed by atoms with Crippen molar-refractivity contribution in [3.8, 4) is 0 Å². The fourth-order valence-electron chi connectivity index (χ4n) is 2.65. The molecule has 1 amide bonds. The first kappa shape index (κ1) is 11.5. The number of carbonyl (C=O) groups excluding carboxylic acids is 1. The second-order valence-electron chi connectivity index (χ2n) is 4.93. The van der Waals surface area contributed by atoms with Crippen LogP contribution in [0.25, 0.3) is 0 Å². The Morgan fingerprint density at radius 3 is 2.89 bits per heavy atom. The zero-order chi connectivity index (χ0) is 12.4. The highest BCUT2D eigenvalue weighted by Gasteiger charge is 2.26. The lowest BCUT2D eigenvalue weighted by Gasteiger charge is -2.34. The molecule has 4 heteroatoms. The van der Waals surface area contributed by atoms with E-state index < -0.39 is 0 Å². The van der Waals surface area contributed by atoms with Gasteiger partial charge < -0.3 is 15.0 Å². The van der Waals surface area contributed by atoms with Gasteiger partial charge in [0.1, 0.15) is 0 Å². The van der Waals surface area contributed by atoms with Crippen LogP contribution in [-0.2, 0) is 9.53 Å². The minimum absolute atomic E-state index is 0.167. The normalized spacial score (nSPS) is 20.4. The maximum atomic E-state index is 12.1. The van der Waals surface area contributed by atoms with Gasteiger partial charge in [0.15, 0.2) is 0 Å². The number of hydrogen-bond donors (Lipinski definition) is 1. The van der Waals surface area contributed by atoms with E-state index >= 15 is 0 Å². The molecular formula is C14H18N2O2. The zero-order valence-electron chi connectivity index (χ0n) is 10.4. The molecule has 18 heavy (non-hydrogen) atoms. The number of nitrogens with one attached hydrogen (secondary N) is 1. The maximum absolute atomic E-state index is 12.1. The third-order valence-electron chi connectivity index (χ3n) is 3.71. The van der Waals surface area contributed by atoms with Gasteiger partial charge in [-0.1, -0.05) is 12.1 Å². The van der Waals surface area contributed by atoms with Crippen molar-refractivity contribution in [2.75, 3.05) is 36.5 Å². The van der Waals surface area contributed by atoms with Crippen molar-refractivity contribution < 1.29 is 9.53 Å². The largest absolute Gasteiger partial charge is 0.381 e. The Labute approximate surface area is 107 Å². The smallest absolute Gasteiger partial charge is 0.246 e. The Kier molecular flexibility index (Phi) is 3.19. The summed E-state index contributed by atoms with van der Waals surface area (Å²) in [4.78, 5) is 14.0. The van der Waals surface area contributed by atoms with E-state index in [0.717, 1.165) is 44.0 Å². The van der Waals surface area contributed by atoms with Crippen molar-refractivity contribution in [1.29, 1.82) is 0 Å². The molecule has 2 heterocycles. The number of ether oxygens (including phenoxy) is 1. The van der Waals surface area contributed by atoms with E-state index in [1.165, 1.54) is 0 Å². The van der Waals surface area contributed by atoms with E-state index in [-0.39, 0.29) is 5.91 Å². The summed E-state index contributed by atoms with van der Waals surface area (Å²) in [7, 11) is 0. The van der Waals surface area contributed by atoms with Crippen LogP contribution in [0.2, 0.25) is 0 Å². The van der Waals surface area contributed by atoms with Crippen molar-refractivity contribution >= 4 is 17.3 Å². The van der Waals surface area contributed by atoms with Crippen LogP contribution in [0.15, 0.2) is 24.3 Å². The minimum Gasteiger partial charge on any atom is -0.381 e. The van der Waals surface area contributed by atoms with Gasteiger partial charge in [-0.25, -0.2) is 0 Å². The van der Waals surface area contributed by atoms with Crippen molar-refractivity contribution in [3.05, 3.63) is 24.3 Å². The number of amides is 1. The molecule has 0 saturated carbocycles. The van der Waals surface area contributed by atoms with Crippen molar-refractivity contribution in [2.24, 2.45) is 5.92 Å². The highest BCUT2D eigenvalue weighted by atomic mass is 16.5. The number of nitrogens with zero attached hydrogens (tertiary/aromatic N) is 1. The highest BCUT2D eigenvalue weighted by Crippen LogP contribution is 2.30. The highest BCUT2D eigenvalue weighted by molar-refractivity contribution is 6.02. The quantitative estimate of drug-likeness (QED) is 0.866. The third-order valence-corrected chi connectivity index (χ3v) is 3.71. The second-order valence-corrected chi connectivity index (χ2v) is 4.93. The van der Waals surface area contributed by atoms with Crippen molar-refractivity contribution in [1.82, 2.24) is 0 Å². The molecule has 2 aliphatic heterocycles. The summed E-state index contributed by atoms with van der Waals surface area (Å²) in [5, 5.41) is 3.16. The fourth-order valence-corrected chi connectivity index (χ4v) is 2.65. The van der Waals surface area contributed by atoms with Crippen LogP contribution in [0.5, 0.6) is 0 Å². The molecule has 0 radical (unpaired) electrons. The van der Waals surface area contributed by atoms with Gasteiger partial charge in [-0.05, 0) is 30.9 Å². The molecule has 1 aromatic rings. The Balaban J connectivity index is 1.79. The molecule has 1 fully saturated rings. The molecule has 1 aromatic carbocycles. The van der Waals surface area contributed by atoms with E-state index in [2.05, 4.69) is 5.32 Å². The number of para-hydroxylation sites is 2. The van der Waals surface area contributed by atoms with Crippen LogP contribution in [-0.4, -0.2) is 32.2 Å². The predicted octanol–water partition coefficient (Wildman–Crippen LogP) is 1.87. The number of anilines is 2. The van der Waals surface area contributed by atoms with Gasteiger partial charge in [-0.15, -0.1) is 0 Å². The molecule has 0 atom stereocenters. The standard InChI is InChI=1S/C14H18N2O2/c17-14-9-15-12-3-1-2-4-13(12)16(14)10-11-5-7-18-8-6-11/h1-4,11,15H,5-10H2. The average molecular weight is 246 g/mol. The average Bonchev–Trinajstić information content (AvgIpc) is 2.43. The molecule has 1 N–H and O–H groups in total. The SMILES string of the molecule is O=C1CNc2ccccc2N1CC1CCOCC1. The van der Waals surface area contributed by atoms with Gasteiger partial charge in [0.2, 0.25) is 5.91 Å². The molecule has 1 saturated heterocycles. The number of rotatable bonds is 2.